The molecule has 0 aromatic carbocycles. The van der Waals surface area contributed by atoms with Gasteiger partial charge in [0.05, 0.1) is 13.2 Å². The van der Waals surface area contributed by atoms with Crippen LogP contribution in [0.1, 0.15) is 40.0 Å². The number of ether oxygens (including phenoxy) is 1. The van der Waals surface area contributed by atoms with Crippen LogP contribution in [0.25, 0.3) is 0 Å². The number of hydrogen-bond donors (Lipinski definition) is 2. The summed E-state index contributed by atoms with van der Waals surface area (Å²) in [7, 11) is 0. The molecule has 5 nitrogen and oxygen atoms in total. The second-order valence-electron chi connectivity index (χ2n) is 7.21. The van der Waals surface area contributed by atoms with E-state index in [2.05, 4.69) is 36.3 Å². The standard InChI is InChI=1S/C16H31N3O2/c1-13-5-4-7-19(10-13)16(2,3)12-18-15(20)9-14-11-21-8-6-17-14/h13-14,17H,4-12H2,1-3H3,(H,18,20). The normalized spacial score (nSPS) is 28.3. The Morgan fingerprint density at radius 1 is 1.48 bits per heavy atom. The summed E-state index contributed by atoms with van der Waals surface area (Å²) in [6.07, 6.45) is 3.10. The van der Waals surface area contributed by atoms with E-state index < -0.39 is 0 Å². The second kappa shape index (κ2) is 7.56. The summed E-state index contributed by atoms with van der Waals surface area (Å²) in [5.41, 5.74) is 0.0286. The molecule has 0 spiro atoms. The molecule has 0 aromatic heterocycles. The molecule has 2 heterocycles. The molecule has 1 amide bonds. The van der Waals surface area contributed by atoms with Crippen LogP contribution in [0.15, 0.2) is 0 Å². The zero-order chi connectivity index (χ0) is 15.3. The molecule has 2 fully saturated rings. The van der Waals surface area contributed by atoms with Crippen molar-refractivity contribution in [2.45, 2.75) is 51.6 Å². The molecule has 0 radical (unpaired) electrons. The number of nitrogens with zero attached hydrogens (tertiary/aromatic N) is 1. The number of amides is 1. The second-order valence-corrected chi connectivity index (χ2v) is 7.21. The van der Waals surface area contributed by atoms with Gasteiger partial charge in [-0.2, -0.15) is 0 Å². The van der Waals surface area contributed by atoms with Crippen molar-refractivity contribution in [3.05, 3.63) is 0 Å². The van der Waals surface area contributed by atoms with E-state index in [9.17, 15) is 4.79 Å². The molecule has 2 aliphatic heterocycles. The Morgan fingerprint density at radius 2 is 2.29 bits per heavy atom. The smallest absolute Gasteiger partial charge is 0.221 e. The molecular formula is C16H31N3O2. The fourth-order valence-corrected chi connectivity index (χ4v) is 3.21. The van der Waals surface area contributed by atoms with Crippen LogP contribution >= 0.6 is 0 Å². The number of morpholine rings is 1. The van der Waals surface area contributed by atoms with Gasteiger partial charge >= 0.3 is 0 Å². The van der Waals surface area contributed by atoms with Crippen LogP contribution in [-0.2, 0) is 9.53 Å². The van der Waals surface area contributed by atoms with Gasteiger partial charge in [-0.05, 0) is 39.2 Å². The van der Waals surface area contributed by atoms with Crippen molar-refractivity contribution in [3.8, 4) is 0 Å². The lowest BCUT2D eigenvalue weighted by atomic mass is 9.93. The van der Waals surface area contributed by atoms with Crippen LogP contribution in [0.2, 0.25) is 0 Å². The highest BCUT2D eigenvalue weighted by molar-refractivity contribution is 5.76. The molecule has 122 valence electrons. The lowest BCUT2D eigenvalue weighted by molar-refractivity contribution is -0.123. The molecule has 5 heteroatoms. The van der Waals surface area contributed by atoms with E-state index in [4.69, 9.17) is 4.74 Å². The maximum Gasteiger partial charge on any atom is 0.221 e. The zero-order valence-corrected chi connectivity index (χ0v) is 13.8. The van der Waals surface area contributed by atoms with E-state index >= 15 is 0 Å². The number of rotatable bonds is 5. The minimum atomic E-state index is 0.0286. The van der Waals surface area contributed by atoms with Gasteiger partial charge in [-0.15, -0.1) is 0 Å². The van der Waals surface area contributed by atoms with Crippen LogP contribution in [-0.4, -0.2) is 61.8 Å². The molecule has 0 bridgehead atoms. The molecule has 2 saturated heterocycles. The fourth-order valence-electron chi connectivity index (χ4n) is 3.21. The Balaban J connectivity index is 1.73. The summed E-state index contributed by atoms with van der Waals surface area (Å²) in [6.45, 7) is 12.0. The van der Waals surface area contributed by atoms with E-state index in [-0.39, 0.29) is 17.5 Å². The van der Waals surface area contributed by atoms with Gasteiger partial charge in [0, 0.05) is 37.6 Å². The van der Waals surface area contributed by atoms with Gasteiger partial charge in [0.15, 0.2) is 0 Å². The van der Waals surface area contributed by atoms with Crippen molar-refractivity contribution in [3.63, 3.8) is 0 Å². The van der Waals surface area contributed by atoms with Crippen molar-refractivity contribution in [2.24, 2.45) is 5.92 Å². The Morgan fingerprint density at radius 3 is 2.95 bits per heavy atom. The van der Waals surface area contributed by atoms with Crippen molar-refractivity contribution in [2.75, 3.05) is 39.4 Å². The average molecular weight is 297 g/mol. The first-order chi connectivity index (χ1) is 9.97. The van der Waals surface area contributed by atoms with Crippen molar-refractivity contribution in [1.29, 1.82) is 0 Å². The van der Waals surface area contributed by atoms with Crippen LogP contribution in [0, 0.1) is 5.92 Å². The molecule has 0 saturated carbocycles. The number of carbonyl (C=O) groups excluding carboxylic acids is 1. The third-order valence-electron chi connectivity index (χ3n) is 4.66. The molecule has 21 heavy (non-hydrogen) atoms. The summed E-state index contributed by atoms with van der Waals surface area (Å²) in [4.78, 5) is 14.6. The number of piperidine rings is 1. The van der Waals surface area contributed by atoms with Crippen LogP contribution in [0.4, 0.5) is 0 Å². The molecular weight excluding hydrogens is 266 g/mol. The van der Waals surface area contributed by atoms with E-state index in [1.807, 2.05) is 0 Å². The van der Waals surface area contributed by atoms with Crippen molar-refractivity contribution in [1.82, 2.24) is 15.5 Å². The summed E-state index contributed by atoms with van der Waals surface area (Å²) in [6, 6.07) is 0.164. The number of likely N-dealkylation sites (tertiary alicyclic amines) is 1. The van der Waals surface area contributed by atoms with Gasteiger partial charge in [0.1, 0.15) is 0 Å². The molecule has 2 aliphatic rings. The third-order valence-corrected chi connectivity index (χ3v) is 4.66. The molecule has 2 unspecified atom stereocenters. The Labute approximate surface area is 128 Å². The summed E-state index contributed by atoms with van der Waals surface area (Å²) < 4.78 is 5.38. The summed E-state index contributed by atoms with van der Waals surface area (Å²) >= 11 is 0. The molecule has 2 rings (SSSR count). The van der Waals surface area contributed by atoms with Crippen molar-refractivity contribution < 1.29 is 9.53 Å². The van der Waals surface area contributed by atoms with E-state index in [1.54, 1.807) is 0 Å². The molecule has 0 aliphatic carbocycles. The Kier molecular flexibility index (Phi) is 6.02. The predicted molar refractivity (Wildman–Crippen MR) is 84.3 cm³/mol. The fraction of sp³-hybridized carbons (Fsp3) is 0.938. The maximum absolute atomic E-state index is 12.1. The largest absolute Gasteiger partial charge is 0.378 e. The van der Waals surface area contributed by atoms with E-state index in [0.717, 1.165) is 32.2 Å². The summed E-state index contributed by atoms with van der Waals surface area (Å²) in [5.74, 6) is 0.883. The molecule has 2 N–H and O–H groups in total. The predicted octanol–water partition coefficient (Wildman–Crippen LogP) is 0.992. The van der Waals surface area contributed by atoms with Gasteiger partial charge in [-0.25, -0.2) is 0 Å². The number of hydrogen-bond acceptors (Lipinski definition) is 4. The highest BCUT2D eigenvalue weighted by Gasteiger charge is 2.30. The highest BCUT2D eigenvalue weighted by atomic mass is 16.5. The van der Waals surface area contributed by atoms with Crippen molar-refractivity contribution >= 4 is 5.91 Å². The number of nitrogens with one attached hydrogen (secondary N) is 2. The van der Waals surface area contributed by atoms with Gasteiger partial charge in [0.2, 0.25) is 5.91 Å². The maximum atomic E-state index is 12.1. The van der Waals surface area contributed by atoms with Gasteiger partial charge in [-0.3, -0.25) is 9.69 Å². The van der Waals surface area contributed by atoms with Gasteiger partial charge in [-0.1, -0.05) is 6.92 Å². The zero-order valence-electron chi connectivity index (χ0n) is 13.8. The highest BCUT2D eigenvalue weighted by Crippen LogP contribution is 2.23. The minimum Gasteiger partial charge on any atom is -0.378 e. The topological polar surface area (TPSA) is 53.6 Å². The van der Waals surface area contributed by atoms with Crippen LogP contribution < -0.4 is 10.6 Å². The lowest BCUT2D eigenvalue weighted by Gasteiger charge is -2.43. The van der Waals surface area contributed by atoms with Crippen LogP contribution in [0.5, 0.6) is 0 Å². The first-order valence-corrected chi connectivity index (χ1v) is 8.30. The molecule has 2 atom stereocenters. The summed E-state index contributed by atoms with van der Waals surface area (Å²) in [5, 5.41) is 6.43. The minimum absolute atomic E-state index is 0.0286. The monoisotopic (exact) mass is 297 g/mol. The van der Waals surface area contributed by atoms with Gasteiger partial charge in [0.25, 0.3) is 0 Å². The van der Waals surface area contributed by atoms with E-state index in [1.165, 1.54) is 12.8 Å². The first-order valence-electron chi connectivity index (χ1n) is 8.30. The average Bonchev–Trinajstić information content (AvgIpc) is 2.46. The lowest BCUT2D eigenvalue weighted by Crippen LogP contribution is -2.55. The van der Waals surface area contributed by atoms with Gasteiger partial charge < -0.3 is 15.4 Å². The first kappa shape index (κ1) is 16.7. The Bertz CT molecular complexity index is 340. The molecule has 0 aromatic rings. The Hall–Kier alpha value is -0.650. The number of carbonyl (C=O) groups is 1. The quantitative estimate of drug-likeness (QED) is 0.795. The third kappa shape index (κ3) is 5.24. The SMILES string of the molecule is CC1CCCN(C(C)(C)CNC(=O)CC2COCCN2)C1. The van der Waals surface area contributed by atoms with E-state index in [0.29, 0.717) is 19.6 Å². The van der Waals surface area contributed by atoms with Crippen LogP contribution in [0.3, 0.4) is 0 Å².